The van der Waals surface area contributed by atoms with Crippen molar-refractivity contribution in [2.75, 3.05) is 12.4 Å². The molecule has 6 nitrogen and oxygen atoms in total. The maximum atomic E-state index is 6.42. The number of anilines is 1. The Morgan fingerprint density at radius 1 is 1.04 bits per heavy atom. The summed E-state index contributed by atoms with van der Waals surface area (Å²) >= 11 is 6.42. The summed E-state index contributed by atoms with van der Waals surface area (Å²) in [5, 5.41) is 4.84. The van der Waals surface area contributed by atoms with E-state index >= 15 is 0 Å². The first kappa shape index (κ1) is 17.3. The molecule has 0 amide bonds. The number of halogens is 1. The summed E-state index contributed by atoms with van der Waals surface area (Å²) in [4.78, 5) is 16.2. The molecule has 4 heterocycles. The van der Waals surface area contributed by atoms with Crippen molar-refractivity contribution in [3.8, 4) is 5.88 Å². The molecule has 4 aromatic heterocycles. The smallest absolute Gasteiger partial charge is 0.218 e. The zero-order valence-corrected chi connectivity index (χ0v) is 15.5. The van der Waals surface area contributed by atoms with Crippen LogP contribution in [0.3, 0.4) is 0 Å². The summed E-state index contributed by atoms with van der Waals surface area (Å²) in [5.41, 5.74) is 3.93. The molecule has 0 saturated heterocycles. The molecule has 0 radical (unpaired) electrons. The number of aromatic amines is 1. The largest absolute Gasteiger partial charge is 0.481 e. The average molecular weight is 380 g/mol. The molecule has 7 heteroatoms. The Labute approximate surface area is 161 Å². The fourth-order valence-corrected chi connectivity index (χ4v) is 3.21. The third kappa shape index (κ3) is 3.71. The maximum absolute atomic E-state index is 6.42. The van der Waals surface area contributed by atoms with Crippen LogP contribution in [0.1, 0.15) is 16.7 Å². The number of hydrogen-bond donors (Lipinski definition) is 2. The van der Waals surface area contributed by atoms with Gasteiger partial charge in [-0.25, -0.2) is 15.0 Å². The molecule has 27 heavy (non-hydrogen) atoms. The molecule has 0 saturated carbocycles. The highest BCUT2D eigenvalue weighted by Crippen LogP contribution is 2.24. The topological polar surface area (TPSA) is 75.7 Å². The number of ether oxygens (including phenoxy) is 1. The van der Waals surface area contributed by atoms with Crippen LogP contribution in [0.5, 0.6) is 5.88 Å². The Balaban J connectivity index is 1.49. The molecule has 4 rings (SSSR count). The van der Waals surface area contributed by atoms with E-state index < -0.39 is 0 Å². The van der Waals surface area contributed by atoms with Crippen LogP contribution < -0.4 is 10.1 Å². The first-order valence-electron chi connectivity index (χ1n) is 8.53. The zero-order chi connectivity index (χ0) is 18.6. The predicted octanol–water partition coefficient (Wildman–Crippen LogP) is 4.22. The number of nitrogens with one attached hydrogen (secondary N) is 2. The van der Waals surface area contributed by atoms with E-state index in [9.17, 15) is 0 Å². The van der Waals surface area contributed by atoms with Gasteiger partial charge in [-0.15, -0.1) is 0 Å². The summed E-state index contributed by atoms with van der Waals surface area (Å²) in [6, 6.07) is 11.7. The summed E-state index contributed by atoms with van der Waals surface area (Å²) in [7, 11) is 1.61. The fourth-order valence-electron chi connectivity index (χ4n) is 2.99. The fraction of sp³-hybridized carbons (Fsp3) is 0.150. The van der Waals surface area contributed by atoms with Gasteiger partial charge < -0.3 is 15.0 Å². The van der Waals surface area contributed by atoms with E-state index in [2.05, 4.69) is 25.3 Å². The standard InChI is InChI=1S/C20H18ClN5O/c1-27-20-14(4-2-9-23-20)11-24-17-7-6-13(18(21)26-17)10-15-12-25-19-16(15)5-3-8-22-19/h2-9,12H,10-11H2,1H3,(H,22,25)(H,24,26). The molecular weight excluding hydrogens is 362 g/mol. The lowest BCUT2D eigenvalue weighted by Crippen LogP contribution is -2.04. The summed E-state index contributed by atoms with van der Waals surface area (Å²) in [5.74, 6) is 1.30. The van der Waals surface area contributed by atoms with E-state index in [4.69, 9.17) is 16.3 Å². The van der Waals surface area contributed by atoms with Gasteiger partial charge in [0.1, 0.15) is 16.6 Å². The van der Waals surface area contributed by atoms with Crippen molar-refractivity contribution < 1.29 is 4.74 Å². The summed E-state index contributed by atoms with van der Waals surface area (Å²) in [6.07, 6.45) is 6.13. The van der Waals surface area contributed by atoms with Crippen molar-refractivity contribution >= 4 is 28.5 Å². The van der Waals surface area contributed by atoms with Gasteiger partial charge in [-0.2, -0.15) is 0 Å². The number of hydrogen-bond acceptors (Lipinski definition) is 5. The van der Waals surface area contributed by atoms with Crippen molar-refractivity contribution in [2.24, 2.45) is 0 Å². The normalized spacial score (nSPS) is 10.9. The van der Waals surface area contributed by atoms with Crippen molar-refractivity contribution in [3.05, 3.63) is 76.8 Å². The maximum Gasteiger partial charge on any atom is 0.218 e. The highest BCUT2D eigenvalue weighted by molar-refractivity contribution is 6.30. The second kappa shape index (κ2) is 7.63. The molecule has 0 unspecified atom stereocenters. The van der Waals surface area contributed by atoms with Gasteiger partial charge in [0.25, 0.3) is 0 Å². The van der Waals surface area contributed by atoms with Crippen LogP contribution in [0.25, 0.3) is 11.0 Å². The SMILES string of the molecule is COc1ncccc1CNc1ccc(Cc2c[nH]c3ncccc23)c(Cl)n1. The van der Waals surface area contributed by atoms with Gasteiger partial charge in [0.2, 0.25) is 5.88 Å². The van der Waals surface area contributed by atoms with Crippen LogP contribution in [0.2, 0.25) is 5.15 Å². The third-order valence-electron chi connectivity index (χ3n) is 4.35. The molecule has 0 aliphatic rings. The molecular formula is C20H18ClN5O. The molecule has 4 aromatic rings. The van der Waals surface area contributed by atoms with Gasteiger partial charge in [0.05, 0.1) is 7.11 Å². The lowest BCUT2D eigenvalue weighted by molar-refractivity contribution is 0.393. The Kier molecular flexibility index (Phi) is 4.89. The molecule has 0 aliphatic heterocycles. The minimum Gasteiger partial charge on any atom is -0.481 e. The molecule has 0 aromatic carbocycles. The van der Waals surface area contributed by atoms with E-state index in [0.29, 0.717) is 29.8 Å². The van der Waals surface area contributed by atoms with Crippen LogP contribution in [0, 0.1) is 0 Å². The van der Waals surface area contributed by atoms with Crippen LogP contribution >= 0.6 is 11.6 Å². The third-order valence-corrected chi connectivity index (χ3v) is 4.67. The van der Waals surface area contributed by atoms with Gasteiger partial charge >= 0.3 is 0 Å². The number of fused-ring (bicyclic) bond motifs is 1. The van der Waals surface area contributed by atoms with E-state index in [0.717, 1.165) is 27.7 Å². The monoisotopic (exact) mass is 379 g/mol. The lowest BCUT2D eigenvalue weighted by atomic mass is 10.1. The van der Waals surface area contributed by atoms with Gasteiger partial charge in [-0.05, 0) is 35.4 Å². The first-order chi connectivity index (χ1) is 13.2. The number of nitrogens with zero attached hydrogens (tertiary/aromatic N) is 3. The van der Waals surface area contributed by atoms with E-state index in [-0.39, 0.29) is 0 Å². The Morgan fingerprint density at radius 3 is 2.74 bits per heavy atom. The average Bonchev–Trinajstić information content (AvgIpc) is 3.11. The highest BCUT2D eigenvalue weighted by atomic mass is 35.5. The number of H-pyrrole nitrogens is 1. The Hall–Kier alpha value is -3.12. The number of methoxy groups -OCH3 is 1. The van der Waals surface area contributed by atoms with E-state index in [1.165, 1.54) is 0 Å². The first-order valence-corrected chi connectivity index (χ1v) is 8.90. The minimum absolute atomic E-state index is 0.483. The van der Waals surface area contributed by atoms with E-state index in [1.54, 1.807) is 19.5 Å². The van der Waals surface area contributed by atoms with Crippen molar-refractivity contribution in [2.45, 2.75) is 13.0 Å². The molecule has 0 bridgehead atoms. The van der Waals surface area contributed by atoms with Crippen molar-refractivity contribution in [3.63, 3.8) is 0 Å². The van der Waals surface area contributed by atoms with Gasteiger partial charge in [0.15, 0.2) is 0 Å². The van der Waals surface area contributed by atoms with Gasteiger partial charge in [-0.3, -0.25) is 0 Å². The van der Waals surface area contributed by atoms with Crippen LogP contribution in [-0.2, 0) is 13.0 Å². The number of aromatic nitrogens is 4. The Bertz CT molecular complexity index is 1080. The van der Waals surface area contributed by atoms with Crippen LogP contribution in [-0.4, -0.2) is 27.0 Å². The van der Waals surface area contributed by atoms with Gasteiger partial charge in [-0.1, -0.05) is 23.7 Å². The molecule has 0 atom stereocenters. The van der Waals surface area contributed by atoms with Crippen molar-refractivity contribution in [1.82, 2.24) is 19.9 Å². The number of rotatable bonds is 6. The zero-order valence-electron chi connectivity index (χ0n) is 14.7. The van der Waals surface area contributed by atoms with Crippen LogP contribution in [0.4, 0.5) is 5.82 Å². The van der Waals surface area contributed by atoms with Crippen LogP contribution in [0.15, 0.2) is 55.0 Å². The van der Waals surface area contributed by atoms with Crippen molar-refractivity contribution in [1.29, 1.82) is 0 Å². The number of pyridine rings is 3. The summed E-state index contributed by atoms with van der Waals surface area (Å²) < 4.78 is 5.26. The predicted molar refractivity (Wildman–Crippen MR) is 106 cm³/mol. The molecule has 0 fully saturated rings. The lowest BCUT2D eigenvalue weighted by Gasteiger charge is -2.10. The second-order valence-corrected chi connectivity index (χ2v) is 6.42. The second-order valence-electron chi connectivity index (χ2n) is 6.06. The molecule has 2 N–H and O–H groups in total. The van der Waals surface area contributed by atoms with E-state index in [1.807, 2.05) is 42.6 Å². The van der Waals surface area contributed by atoms with Gasteiger partial charge in [0, 0.05) is 42.5 Å². The minimum atomic E-state index is 0.483. The molecule has 136 valence electrons. The quantitative estimate of drug-likeness (QED) is 0.490. The molecule has 0 spiro atoms. The highest BCUT2D eigenvalue weighted by Gasteiger charge is 2.10. The molecule has 0 aliphatic carbocycles. The summed E-state index contributed by atoms with van der Waals surface area (Å²) in [6.45, 7) is 0.549. The Morgan fingerprint density at radius 2 is 1.89 bits per heavy atom.